The zero-order valence-corrected chi connectivity index (χ0v) is 9.69. The number of aliphatic carboxylic acids is 1. The second kappa shape index (κ2) is 4.52. The Kier molecular flexibility index (Phi) is 3.54. The summed E-state index contributed by atoms with van der Waals surface area (Å²) in [5.41, 5.74) is 0. The van der Waals surface area contributed by atoms with Crippen LogP contribution in [0.4, 0.5) is 0 Å². The average molecular weight is 244 g/mol. The highest BCUT2D eigenvalue weighted by atomic mass is 32.2. The minimum Gasteiger partial charge on any atom is -0.479 e. The molecule has 0 aromatic heterocycles. The molecular weight excluding hydrogens is 232 g/mol. The summed E-state index contributed by atoms with van der Waals surface area (Å²) < 4.78 is 27.5. The van der Waals surface area contributed by atoms with Gasteiger partial charge in [0.15, 0.2) is 15.9 Å². The van der Waals surface area contributed by atoms with E-state index in [1.54, 1.807) is 0 Å². The minimum atomic E-state index is -3.31. The fourth-order valence-corrected chi connectivity index (χ4v) is 1.69. The molecule has 0 saturated carbocycles. The number of carboxylic acids is 1. The number of carbonyl (C=O) groups is 1. The first kappa shape index (κ1) is 12.5. The van der Waals surface area contributed by atoms with Crippen molar-refractivity contribution in [3.8, 4) is 5.75 Å². The number of benzene rings is 1. The molecule has 1 N–H and O–H groups in total. The zero-order valence-electron chi connectivity index (χ0n) is 8.88. The van der Waals surface area contributed by atoms with Gasteiger partial charge >= 0.3 is 5.97 Å². The van der Waals surface area contributed by atoms with Gasteiger partial charge in [-0.2, -0.15) is 0 Å². The first-order chi connectivity index (χ1) is 7.30. The first-order valence-electron chi connectivity index (χ1n) is 4.50. The van der Waals surface area contributed by atoms with Crippen molar-refractivity contribution in [2.45, 2.75) is 17.9 Å². The SMILES string of the molecule is C[C@H](Oc1cccc(S(C)(=O)=O)c1)C(=O)O. The van der Waals surface area contributed by atoms with Crippen LogP contribution in [-0.2, 0) is 14.6 Å². The standard InChI is InChI=1S/C10H12O5S/c1-7(10(11)12)15-8-4-3-5-9(6-8)16(2,13)14/h3-7H,1-2H3,(H,11,12)/t7-/m0/s1. The molecule has 0 heterocycles. The Balaban J connectivity index is 2.96. The predicted octanol–water partition coefficient (Wildman–Crippen LogP) is 0.942. The van der Waals surface area contributed by atoms with E-state index in [1.807, 2.05) is 0 Å². The zero-order chi connectivity index (χ0) is 12.3. The molecule has 0 spiro atoms. The topological polar surface area (TPSA) is 80.7 Å². The van der Waals surface area contributed by atoms with Gasteiger partial charge in [0.2, 0.25) is 0 Å². The van der Waals surface area contributed by atoms with Gasteiger partial charge < -0.3 is 9.84 Å². The van der Waals surface area contributed by atoms with Crippen molar-refractivity contribution < 1.29 is 23.1 Å². The summed E-state index contributed by atoms with van der Waals surface area (Å²) in [7, 11) is -3.31. The maximum absolute atomic E-state index is 11.2. The summed E-state index contributed by atoms with van der Waals surface area (Å²) in [4.78, 5) is 10.6. The molecule has 0 bridgehead atoms. The van der Waals surface area contributed by atoms with Gasteiger partial charge in [-0.05, 0) is 25.1 Å². The van der Waals surface area contributed by atoms with Crippen molar-refractivity contribution in [1.82, 2.24) is 0 Å². The van der Waals surface area contributed by atoms with E-state index < -0.39 is 21.9 Å². The predicted molar refractivity (Wildman–Crippen MR) is 57.3 cm³/mol. The molecule has 6 heteroatoms. The van der Waals surface area contributed by atoms with Gasteiger partial charge in [-0.1, -0.05) is 6.07 Å². The molecule has 1 atom stereocenters. The highest BCUT2D eigenvalue weighted by molar-refractivity contribution is 7.90. The van der Waals surface area contributed by atoms with Crippen LogP contribution in [0.25, 0.3) is 0 Å². The molecule has 0 unspecified atom stereocenters. The van der Waals surface area contributed by atoms with Gasteiger partial charge in [-0.25, -0.2) is 13.2 Å². The highest BCUT2D eigenvalue weighted by Gasteiger charge is 2.14. The van der Waals surface area contributed by atoms with Crippen LogP contribution in [0.15, 0.2) is 29.2 Å². The maximum Gasteiger partial charge on any atom is 0.344 e. The van der Waals surface area contributed by atoms with Crippen molar-refractivity contribution in [2.24, 2.45) is 0 Å². The van der Waals surface area contributed by atoms with Crippen molar-refractivity contribution in [3.63, 3.8) is 0 Å². The lowest BCUT2D eigenvalue weighted by Crippen LogP contribution is -2.22. The van der Waals surface area contributed by atoms with Crippen LogP contribution in [0.1, 0.15) is 6.92 Å². The quantitative estimate of drug-likeness (QED) is 0.852. The van der Waals surface area contributed by atoms with Crippen LogP contribution >= 0.6 is 0 Å². The number of carboxylic acid groups (broad SMARTS) is 1. The van der Waals surface area contributed by atoms with Gasteiger partial charge in [0.05, 0.1) is 4.90 Å². The van der Waals surface area contributed by atoms with E-state index in [0.29, 0.717) is 0 Å². The molecular formula is C10H12O5S. The lowest BCUT2D eigenvalue weighted by atomic mass is 10.3. The highest BCUT2D eigenvalue weighted by Crippen LogP contribution is 2.18. The molecule has 1 aromatic carbocycles. The summed E-state index contributed by atoms with van der Waals surface area (Å²) in [5.74, 6) is -0.886. The van der Waals surface area contributed by atoms with Crippen LogP contribution in [0, 0.1) is 0 Å². The third-order valence-corrected chi connectivity index (χ3v) is 3.00. The monoisotopic (exact) mass is 244 g/mol. The molecule has 0 amide bonds. The number of ether oxygens (including phenoxy) is 1. The van der Waals surface area contributed by atoms with Crippen molar-refractivity contribution in [1.29, 1.82) is 0 Å². The maximum atomic E-state index is 11.2. The van der Waals surface area contributed by atoms with Gasteiger partial charge in [0.25, 0.3) is 0 Å². The Morgan fingerprint density at radius 3 is 2.56 bits per heavy atom. The van der Waals surface area contributed by atoms with Crippen LogP contribution in [-0.4, -0.2) is 31.9 Å². The summed E-state index contributed by atoms with van der Waals surface area (Å²) in [6.07, 6.45) is 0.0574. The fourth-order valence-electron chi connectivity index (χ4n) is 1.03. The van der Waals surface area contributed by atoms with E-state index >= 15 is 0 Å². The molecule has 0 fully saturated rings. The van der Waals surface area contributed by atoms with E-state index in [4.69, 9.17) is 9.84 Å². The Bertz CT molecular complexity index is 492. The summed E-state index contributed by atoms with van der Waals surface area (Å²) >= 11 is 0. The van der Waals surface area contributed by atoms with E-state index in [9.17, 15) is 13.2 Å². The van der Waals surface area contributed by atoms with Crippen LogP contribution in [0.5, 0.6) is 5.75 Å². The number of hydrogen-bond acceptors (Lipinski definition) is 4. The molecule has 0 aliphatic heterocycles. The summed E-state index contributed by atoms with van der Waals surface area (Å²) in [6, 6.07) is 5.73. The van der Waals surface area contributed by atoms with Crippen LogP contribution < -0.4 is 4.74 Å². The third-order valence-electron chi connectivity index (χ3n) is 1.89. The Morgan fingerprint density at radius 1 is 1.44 bits per heavy atom. The molecule has 0 saturated heterocycles. The first-order valence-corrected chi connectivity index (χ1v) is 6.39. The van der Waals surface area contributed by atoms with Crippen molar-refractivity contribution in [2.75, 3.05) is 6.26 Å². The number of sulfone groups is 1. The van der Waals surface area contributed by atoms with E-state index in [2.05, 4.69) is 0 Å². The van der Waals surface area contributed by atoms with E-state index in [-0.39, 0.29) is 10.6 Å². The molecule has 1 rings (SSSR count). The lowest BCUT2D eigenvalue weighted by molar-refractivity contribution is -0.144. The molecule has 1 aromatic rings. The van der Waals surface area contributed by atoms with Crippen molar-refractivity contribution >= 4 is 15.8 Å². The number of rotatable bonds is 4. The smallest absolute Gasteiger partial charge is 0.344 e. The van der Waals surface area contributed by atoms with Crippen molar-refractivity contribution in [3.05, 3.63) is 24.3 Å². The van der Waals surface area contributed by atoms with Gasteiger partial charge in [-0.3, -0.25) is 0 Å². The molecule has 16 heavy (non-hydrogen) atoms. The second-order valence-corrected chi connectivity index (χ2v) is 5.36. The molecule has 88 valence electrons. The fraction of sp³-hybridized carbons (Fsp3) is 0.300. The molecule has 0 aliphatic carbocycles. The van der Waals surface area contributed by atoms with Gasteiger partial charge in [0.1, 0.15) is 5.75 Å². The van der Waals surface area contributed by atoms with Crippen LogP contribution in [0.3, 0.4) is 0 Å². The summed E-state index contributed by atoms with van der Waals surface area (Å²) in [5, 5.41) is 8.63. The minimum absolute atomic E-state index is 0.0996. The van der Waals surface area contributed by atoms with Gasteiger partial charge in [-0.15, -0.1) is 0 Å². The van der Waals surface area contributed by atoms with E-state index in [1.165, 1.54) is 31.2 Å². The van der Waals surface area contributed by atoms with Crippen LogP contribution in [0.2, 0.25) is 0 Å². The third kappa shape index (κ3) is 3.23. The molecule has 5 nitrogen and oxygen atoms in total. The lowest BCUT2D eigenvalue weighted by Gasteiger charge is -2.10. The largest absolute Gasteiger partial charge is 0.479 e. The second-order valence-electron chi connectivity index (χ2n) is 3.35. The molecule has 0 aliphatic rings. The molecule has 0 radical (unpaired) electrons. The van der Waals surface area contributed by atoms with E-state index in [0.717, 1.165) is 6.26 Å². The summed E-state index contributed by atoms with van der Waals surface area (Å²) in [6.45, 7) is 1.37. The Morgan fingerprint density at radius 2 is 2.06 bits per heavy atom. The Labute approximate surface area is 93.6 Å². The normalized spacial score (nSPS) is 13.1. The average Bonchev–Trinajstić information content (AvgIpc) is 2.16. The number of hydrogen-bond donors (Lipinski definition) is 1. The van der Waals surface area contributed by atoms with Gasteiger partial charge in [0, 0.05) is 6.26 Å². The Hall–Kier alpha value is -1.56.